The molecule has 1 aromatic carbocycles. The van der Waals surface area contributed by atoms with Crippen LogP contribution in [0.4, 0.5) is 0 Å². The summed E-state index contributed by atoms with van der Waals surface area (Å²) in [5.41, 5.74) is 4.05. The van der Waals surface area contributed by atoms with E-state index in [1.165, 1.54) is 5.56 Å². The summed E-state index contributed by atoms with van der Waals surface area (Å²) < 4.78 is 5.37. The average Bonchev–Trinajstić information content (AvgIpc) is 3.13. The molecule has 0 bridgehead atoms. The number of aryl methyl sites for hydroxylation is 1. The number of fused-ring (bicyclic) bond motifs is 1. The molecule has 29 heavy (non-hydrogen) atoms. The van der Waals surface area contributed by atoms with Crippen LogP contribution in [0, 0.1) is 6.92 Å². The van der Waals surface area contributed by atoms with E-state index in [4.69, 9.17) is 4.52 Å². The van der Waals surface area contributed by atoms with E-state index >= 15 is 0 Å². The summed E-state index contributed by atoms with van der Waals surface area (Å²) >= 11 is 0. The van der Waals surface area contributed by atoms with Crippen molar-refractivity contribution in [1.82, 2.24) is 19.9 Å². The minimum absolute atomic E-state index is 0.0494. The summed E-state index contributed by atoms with van der Waals surface area (Å²) in [6, 6.07) is 12.5. The molecule has 1 amide bonds. The molecule has 0 N–H and O–H groups in total. The van der Waals surface area contributed by atoms with Gasteiger partial charge in [-0.2, -0.15) is 0 Å². The van der Waals surface area contributed by atoms with Crippen LogP contribution in [0.25, 0.3) is 11.1 Å². The molecule has 1 fully saturated rings. The van der Waals surface area contributed by atoms with Crippen LogP contribution in [0.3, 0.4) is 0 Å². The van der Waals surface area contributed by atoms with Gasteiger partial charge in [-0.15, -0.1) is 0 Å². The molecule has 2 aromatic heterocycles. The fourth-order valence-electron chi connectivity index (χ4n) is 3.85. The highest BCUT2D eigenvalue weighted by molar-refractivity contribution is 6.06. The maximum Gasteiger partial charge on any atom is 0.259 e. The molecule has 6 heteroatoms. The number of amides is 1. The molecular weight excluding hydrogens is 364 g/mol. The Balaban J connectivity index is 1.45. The van der Waals surface area contributed by atoms with Gasteiger partial charge in [0.1, 0.15) is 0 Å². The van der Waals surface area contributed by atoms with Crippen molar-refractivity contribution in [3.8, 4) is 0 Å². The highest BCUT2D eigenvalue weighted by Gasteiger charge is 2.26. The van der Waals surface area contributed by atoms with Gasteiger partial charge in [-0.1, -0.05) is 49.3 Å². The van der Waals surface area contributed by atoms with E-state index < -0.39 is 0 Å². The first-order valence-electron chi connectivity index (χ1n) is 10.4. The van der Waals surface area contributed by atoms with Crippen molar-refractivity contribution >= 4 is 17.0 Å². The number of rotatable bonds is 5. The molecule has 152 valence electrons. The number of hydrogen-bond acceptors (Lipinski definition) is 5. The molecule has 0 aliphatic carbocycles. The first-order chi connectivity index (χ1) is 14.0. The largest absolute Gasteiger partial charge is 0.336 e. The average molecular weight is 393 g/mol. The zero-order valence-corrected chi connectivity index (χ0v) is 17.4. The Labute approximate surface area is 171 Å². The Bertz CT molecular complexity index is 989. The van der Waals surface area contributed by atoms with E-state index in [-0.39, 0.29) is 11.8 Å². The molecule has 0 unspecified atom stereocenters. The lowest BCUT2D eigenvalue weighted by Gasteiger charge is -2.35. The van der Waals surface area contributed by atoms with Gasteiger partial charge in [0.2, 0.25) is 0 Å². The number of nitrogens with zero attached hydrogens (tertiary/aromatic N) is 4. The Morgan fingerprint density at radius 2 is 1.86 bits per heavy atom. The Hall–Kier alpha value is -2.73. The lowest BCUT2D eigenvalue weighted by Crippen LogP contribution is -2.49. The summed E-state index contributed by atoms with van der Waals surface area (Å²) in [6.07, 6.45) is 1.04. The molecule has 0 radical (unpaired) electrons. The molecule has 1 saturated heterocycles. The molecular formula is C23H28N4O2. The first-order valence-corrected chi connectivity index (χ1v) is 10.4. The number of hydrogen-bond donors (Lipinski definition) is 0. The highest BCUT2D eigenvalue weighted by Crippen LogP contribution is 2.26. The topological polar surface area (TPSA) is 62.5 Å². The summed E-state index contributed by atoms with van der Waals surface area (Å²) in [5, 5.41) is 4.77. The van der Waals surface area contributed by atoms with Crippen LogP contribution < -0.4 is 0 Å². The highest BCUT2D eigenvalue weighted by atomic mass is 16.5. The lowest BCUT2D eigenvalue weighted by atomic mass is 10.0. The van der Waals surface area contributed by atoms with Crippen molar-refractivity contribution in [3.05, 3.63) is 58.9 Å². The fraction of sp³-hybridized carbons (Fsp3) is 0.435. The van der Waals surface area contributed by atoms with Gasteiger partial charge in [0.25, 0.3) is 11.6 Å². The number of carbonyl (C=O) groups excluding carboxylic acids is 1. The summed E-state index contributed by atoms with van der Waals surface area (Å²) in [6.45, 7) is 10.3. The maximum atomic E-state index is 13.3. The minimum atomic E-state index is 0.0494. The third kappa shape index (κ3) is 4.17. The quantitative estimate of drug-likeness (QED) is 0.663. The number of pyridine rings is 1. The molecule has 0 atom stereocenters. The van der Waals surface area contributed by atoms with Gasteiger partial charge in [-0.25, -0.2) is 4.98 Å². The van der Waals surface area contributed by atoms with Crippen LogP contribution in [0.15, 0.2) is 40.9 Å². The summed E-state index contributed by atoms with van der Waals surface area (Å²) in [7, 11) is 0. The number of benzene rings is 1. The lowest BCUT2D eigenvalue weighted by molar-refractivity contribution is 0.0640. The van der Waals surface area contributed by atoms with Crippen molar-refractivity contribution in [1.29, 1.82) is 0 Å². The Morgan fingerprint density at radius 3 is 2.55 bits per heavy atom. The molecule has 0 spiro atoms. The van der Waals surface area contributed by atoms with E-state index in [0.717, 1.165) is 50.2 Å². The van der Waals surface area contributed by atoms with Crippen molar-refractivity contribution in [2.75, 3.05) is 32.7 Å². The third-order valence-corrected chi connectivity index (χ3v) is 5.68. The smallest absolute Gasteiger partial charge is 0.259 e. The van der Waals surface area contributed by atoms with Crippen LogP contribution in [-0.4, -0.2) is 58.6 Å². The maximum absolute atomic E-state index is 13.3. The second-order valence-corrected chi connectivity index (χ2v) is 8.07. The second-order valence-electron chi connectivity index (χ2n) is 8.07. The molecule has 0 saturated carbocycles. The molecule has 6 nitrogen and oxygen atoms in total. The number of aromatic nitrogens is 2. The van der Waals surface area contributed by atoms with Crippen LogP contribution in [0.5, 0.6) is 0 Å². The monoisotopic (exact) mass is 392 g/mol. The van der Waals surface area contributed by atoms with Gasteiger partial charge in [-0.05, 0) is 30.9 Å². The van der Waals surface area contributed by atoms with Crippen molar-refractivity contribution < 1.29 is 9.32 Å². The van der Waals surface area contributed by atoms with Crippen molar-refractivity contribution in [3.63, 3.8) is 0 Å². The number of piperazine rings is 1. The molecule has 1 aliphatic rings. The van der Waals surface area contributed by atoms with Crippen molar-refractivity contribution in [2.45, 2.75) is 33.1 Å². The van der Waals surface area contributed by atoms with Gasteiger partial charge < -0.3 is 9.42 Å². The van der Waals surface area contributed by atoms with E-state index in [1.54, 1.807) is 0 Å². The summed E-state index contributed by atoms with van der Waals surface area (Å²) in [5.74, 6) is 0.263. The van der Waals surface area contributed by atoms with E-state index in [0.29, 0.717) is 17.0 Å². The predicted octanol–water partition coefficient (Wildman–Crippen LogP) is 3.66. The molecule has 1 aliphatic heterocycles. The third-order valence-electron chi connectivity index (χ3n) is 5.68. The van der Waals surface area contributed by atoms with E-state index in [9.17, 15) is 4.79 Å². The van der Waals surface area contributed by atoms with E-state index in [2.05, 4.69) is 53.2 Å². The van der Waals surface area contributed by atoms with Crippen LogP contribution in [0.1, 0.15) is 47.1 Å². The zero-order chi connectivity index (χ0) is 20.4. The van der Waals surface area contributed by atoms with Crippen LogP contribution in [0.2, 0.25) is 0 Å². The van der Waals surface area contributed by atoms with Gasteiger partial charge >= 0.3 is 0 Å². The first kappa shape index (κ1) is 19.6. The normalized spacial score (nSPS) is 15.4. The van der Waals surface area contributed by atoms with Crippen molar-refractivity contribution in [2.24, 2.45) is 0 Å². The van der Waals surface area contributed by atoms with Gasteiger partial charge in [0.15, 0.2) is 0 Å². The second kappa shape index (κ2) is 8.33. The number of carbonyl (C=O) groups is 1. The van der Waals surface area contributed by atoms with Gasteiger partial charge in [-0.3, -0.25) is 9.69 Å². The Morgan fingerprint density at radius 1 is 1.14 bits per heavy atom. The van der Waals surface area contributed by atoms with Crippen LogP contribution >= 0.6 is 0 Å². The molecule has 3 aromatic rings. The molecule has 3 heterocycles. The summed E-state index contributed by atoms with van der Waals surface area (Å²) in [4.78, 5) is 22.3. The SMILES string of the molecule is Cc1noc2nc(C(C)C)cc(C(=O)N3CCN(CCc4ccccc4)CC3)c12. The minimum Gasteiger partial charge on any atom is -0.336 e. The fourth-order valence-corrected chi connectivity index (χ4v) is 3.85. The zero-order valence-electron chi connectivity index (χ0n) is 17.4. The predicted molar refractivity (Wildman–Crippen MR) is 113 cm³/mol. The molecule has 4 rings (SSSR count). The Kier molecular flexibility index (Phi) is 5.62. The van der Waals surface area contributed by atoms with Gasteiger partial charge in [0, 0.05) is 38.4 Å². The standard InChI is InChI=1S/C23H28N4O2/c1-16(2)20-15-19(21-17(3)25-29-22(21)24-20)23(28)27-13-11-26(12-14-27)10-9-18-7-5-4-6-8-18/h4-8,15-16H,9-14H2,1-3H3. The van der Waals surface area contributed by atoms with Gasteiger partial charge in [0.05, 0.1) is 16.6 Å². The van der Waals surface area contributed by atoms with Crippen LogP contribution in [-0.2, 0) is 6.42 Å². The van der Waals surface area contributed by atoms with E-state index in [1.807, 2.05) is 24.0 Å².